The predicted octanol–water partition coefficient (Wildman–Crippen LogP) is 0.359. The molecule has 3 rings (SSSR count). The monoisotopic (exact) mass is 338 g/mol. The summed E-state index contributed by atoms with van der Waals surface area (Å²) in [6.07, 6.45) is -2.29. The molecule has 0 unspecified atom stereocenters. The van der Waals surface area contributed by atoms with Crippen LogP contribution in [0, 0.1) is 0 Å². The van der Waals surface area contributed by atoms with Crippen molar-refractivity contribution < 1.29 is 36.3 Å². The molecule has 0 amide bonds. The maximum atomic E-state index is 11.6. The van der Waals surface area contributed by atoms with E-state index in [0.717, 1.165) is 6.26 Å². The predicted molar refractivity (Wildman–Crippen MR) is 73.3 cm³/mol. The van der Waals surface area contributed by atoms with Gasteiger partial charge in [0.05, 0.1) is 12.9 Å². The van der Waals surface area contributed by atoms with Gasteiger partial charge in [-0.05, 0) is 27.7 Å². The van der Waals surface area contributed by atoms with E-state index in [2.05, 4.69) is 0 Å². The van der Waals surface area contributed by atoms with E-state index in [9.17, 15) is 8.42 Å². The lowest BCUT2D eigenvalue weighted by Crippen LogP contribution is -2.45. The molecular formula is C13H22O8S. The van der Waals surface area contributed by atoms with Crippen molar-refractivity contribution in [3.8, 4) is 0 Å². The Kier molecular flexibility index (Phi) is 3.84. The van der Waals surface area contributed by atoms with Gasteiger partial charge in [0.2, 0.25) is 0 Å². The molecule has 3 saturated heterocycles. The lowest BCUT2D eigenvalue weighted by atomic mass is 10.1. The topological polar surface area (TPSA) is 89.5 Å². The molecule has 0 saturated carbocycles. The molecule has 9 heteroatoms. The molecule has 0 spiro atoms. The van der Waals surface area contributed by atoms with E-state index in [1.807, 2.05) is 0 Å². The van der Waals surface area contributed by atoms with Crippen molar-refractivity contribution >= 4 is 10.1 Å². The first-order chi connectivity index (χ1) is 9.96. The molecule has 0 aromatic rings. The molecule has 0 N–H and O–H groups in total. The molecule has 0 bridgehead atoms. The van der Waals surface area contributed by atoms with Gasteiger partial charge in [-0.1, -0.05) is 0 Å². The van der Waals surface area contributed by atoms with Crippen LogP contribution in [0.2, 0.25) is 0 Å². The zero-order valence-electron chi connectivity index (χ0n) is 13.3. The highest BCUT2D eigenvalue weighted by Crippen LogP contribution is 2.42. The summed E-state index contributed by atoms with van der Waals surface area (Å²) in [4.78, 5) is 0. The average molecular weight is 338 g/mol. The van der Waals surface area contributed by atoms with Crippen LogP contribution >= 0.6 is 0 Å². The van der Waals surface area contributed by atoms with Crippen molar-refractivity contribution in [2.75, 3.05) is 12.9 Å². The summed E-state index contributed by atoms with van der Waals surface area (Å²) in [5.74, 6) is -1.60. The van der Waals surface area contributed by atoms with Gasteiger partial charge in [-0.2, -0.15) is 8.42 Å². The SMILES string of the molecule is CC1(C)O[C@H]2O[C@@H]([C@H]3COC(C)(C)O3)[C@@H](OS(C)(=O)=O)[C@@H]2O1. The van der Waals surface area contributed by atoms with Crippen molar-refractivity contribution in [1.29, 1.82) is 0 Å². The third-order valence-corrected chi connectivity index (χ3v) is 4.28. The van der Waals surface area contributed by atoms with Crippen LogP contribution in [0.4, 0.5) is 0 Å². The molecule has 0 radical (unpaired) electrons. The Morgan fingerprint density at radius 3 is 2.23 bits per heavy atom. The molecule has 3 aliphatic heterocycles. The third-order valence-electron chi connectivity index (χ3n) is 3.71. The van der Waals surface area contributed by atoms with Crippen LogP contribution in [0.1, 0.15) is 27.7 Å². The molecule has 3 fully saturated rings. The van der Waals surface area contributed by atoms with E-state index < -0.39 is 52.4 Å². The van der Waals surface area contributed by atoms with Crippen LogP contribution in [0.5, 0.6) is 0 Å². The number of hydrogen-bond acceptors (Lipinski definition) is 8. The fourth-order valence-electron chi connectivity index (χ4n) is 2.99. The molecule has 5 atom stereocenters. The van der Waals surface area contributed by atoms with Crippen LogP contribution in [0.3, 0.4) is 0 Å². The van der Waals surface area contributed by atoms with Crippen molar-refractivity contribution in [2.24, 2.45) is 0 Å². The summed E-state index contributed by atoms with van der Waals surface area (Å²) in [6, 6.07) is 0. The third kappa shape index (κ3) is 3.30. The minimum Gasteiger partial charge on any atom is -0.348 e. The van der Waals surface area contributed by atoms with Crippen LogP contribution < -0.4 is 0 Å². The lowest BCUT2D eigenvalue weighted by molar-refractivity contribution is -0.230. The maximum Gasteiger partial charge on any atom is 0.264 e. The Bertz CT molecular complexity index is 542. The highest BCUT2D eigenvalue weighted by atomic mass is 32.2. The summed E-state index contributed by atoms with van der Waals surface area (Å²) >= 11 is 0. The van der Waals surface area contributed by atoms with Gasteiger partial charge in [0, 0.05) is 0 Å². The lowest BCUT2D eigenvalue weighted by Gasteiger charge is -2.28. The first kappa shape index (κ1) is 16.6. The van der Waals surface area contributed by atoms with Crippen molar-refractivity contribution in [2.45, 2.75) is 70.0 Å². The Hall–Kier alpha value is -0.290. The van der Waals surface area contributed by atoms with E-state index in [0.29, 0.717) is 0 Å². The average Bonchev–Trinajstić information content (AvgIpc) is 2.89. The molecule has 0 aliphatic carbocycles. The molecule has 22 heavy (non-hydrogen) atoms. The van der Waals surface area contributed by atoms with Crippen LogP contribution in [0.25, 0.3) is 0 Å². The van der Waals surface area contributed by atoms with Gasteiger partial charge in [0.1, 0.15) is 24.4 Å². The van der Waals surface area contributed by atoms with E-state index >= 15 is 0 Å². The minimum atomic E-state index is -3.69. The van der Waals surface area contributed by atoms with Gasteiger partial charge >= 0.3 is 0 Å². The van der Waals surface area contributed by atoms with Gasteiger partial charge in [-0.15, -0.1) is 0 Å². The molecule has 3 heterocycles. The first-order valence-corrected chi connectivity index (χ1v) is 8.99. The smallest absolute Gasteiger partial charge is 0.264 e. The highest BCUT2D eigenvalue weighted by Gasteiger charge is 2.59. The summed E-state index contributed by atoms with van der Waals surface area (Å²) in [5.41, 5.74) is 0. The molecule has 3 aliphatic rings. The van der Waals surface area contributed by atoms with E-state index in [-0.39, 0.29) is 6.61 Å². The van der Waals surface area contributed by atoms with Gasteiger partial charge in [0.25, 0.3) is 10.1 Å². The Balaban J connectivity index is 1.81. The second-order valence-corrected chi connectivity index (χ2v) is 8.30. The summed E-state index contributed by atoms with van der Waals surface area (Å²) in [6.45, 7) is 7.32. The van der Waals surface area contributed by atoms with Crippen LogP contribution in [-0.4, -0.2) is 63.6 Å². The summed E-state index contributed by atoms with van der Waals surface area (Å²) < 4.78 is 56.8. The fourth-order valence-corrected chi connectivity index (χ4v) is 3.61. The van der Waals surface area contributed by atoms with Gasteiger partial charge in [-0.25, -0.2) is 0 Å². The fraction of sp³-hybridized carbons (Fsp3) is 1.00. The largest absolute Gasteiger partial charge is 0.348 e. The molecular weight excluding hydrogens is 316 g/mol. The van der Waals surface area contributed by atoms with Crippen LogP contribution in [0.15, 0.2) is 0 Å². The van der Waals surface area contributed by atoms with Crippen molar-refractivity contribution in [1.82, 2.24) is 0 Å². The second-order valence-electron chi connectivity index (χ2n) is 6.70. The molecule has 0 aromatic carbocycles. The standard InChI is InChI=1S/C13H22O8S/c1-12(2)16-6-7(18-12)8-9(21-22(5,14)15)10-11(17-8)20-13(3,4)19-10/h7-11H,6H2,1-5H3/t7-,8+,9-,10+,11-/m1/s1. The maximum absolute atomic E-state index is 11.6. The van der Waals surface area contributed by atoms with Crippen molar-refractivity contribution in [3.63, 3.8) is 0 Å². The van der Waals surface area contributed by atoms with Gasteiger partial charge in [-0.3, -0.25) is 4.18 Å². The van der Waals surface area contributed by atoms with Gasteiger partial charge in [0.15, 0.2) is 17.9 Å². The second kappa shape index (κ2) is 5.10. The quantitative estimate of drug-likeness (QED) is 0.682. The number of rotatable bonds is 3. The number of fused-ring (bicyclic) bond motifs is 1. The van der Waals surface area contributed by atoms with E-state index in [1.54, 1.807) is 27.7 Å². The van der Waals surface area contributed by atoms with Crippen molar-refractivity contribution in [3.05, 3.63) is 0 Å². The number of ether oxygens (including phenoxy) is 5. The zero-order chi connectivity index (χ0) is 16.3. The summed E-state index contributed by atoms with van der Waals surface area (Å²) in [7, 11) is -3.69. The van der Waals surface area contributed by atoms with Gasteiger partial charge < -0.3 is 23.7 Å². The first-order valence-electron chi connectivity index (χ1n) is 7.17. The normalized spacial score (nSPS) is 43.4. The highest BCUT2D eigenvalue weighted by molar-refractivity contribution is 7.86. The minimum absolute atomic E-state index is 0.282. The Morgan fingerprint density at radius 1 is 1.00 bits per heavy atom. The zero-order valence-corrected chi connectivity index (χ0v) is 14.1. The van der Waals surface area contributed by atoms with E-state index in [1.165, 1.54) is 0 Å². The summed E-state index contributed by atoms with van der Waals surface area (Å²) in [5, 5.41) is 0. The van der Waals surface area contributed by atoms with E-state index in [4.69, 9.17) is 27.9 Å². The molecule has 0 aromatic heterocycles. The van der Waals surface area contributed by atoms with Crippen LogP contribution in [-0.2, 0) is 38.0 Å². The Labute approximate surface area is 130 Å². The number of hydrogen-bond donors (Lipinski definition) is 0. The molecule has 128 valence electrons. The Morgan fingerprint density at radius 2 is 1.68 bits per heavy atom. The molecule has 8 nitrogen and oxygen atoms in total.